The Morgan fingerprint density at radius 3 is 2.50 bits per heavy atom. The van der Waals surface area contributed by atoms with Crippen molar-refractivity contribution < 1.29 is 17.6 Å². The van der Waals surface area contributed by atoms with Crippen molar-refractivity contribution in [1.29, 1.82) is 0 Å². The smallest absolute Gasteiger partial charge is 0.243 e. The Bertz CT molecular complexity index is 948. The molecule has 2 aromatic carbocycles. The van der Waals surface area contributed by atoms with Crippen molar-refractivity contribution in [3.05, 3.63) is 60.4 Å². The van der Waals surface area contributed by atoms with E-state index in [9.17, 15) is 17.6 Å². The van der Waals surface area contributed by atoms with E-state index in [2.05, 4.69) is 0 Å². The van der Waals surface area contributed by atoms with Crippen LogP contribution in [0, 0.1) is 11.2 Å². The van der Waals surface area contributed by atoms with E-state index in [0.717, 1.165) is 0 Å². The standard InChI is InChI=1S/C19H19FN2O3S/c20-15-5-4-6-16(11-15)22-14-19(12-18(22)23)9-10-21(13-19)26(24,25)17-7-2-1-3-8-17/h1-8,11H,9-10,12-14H2/t19-/m1/s1. The second-order valence-corrected chi connectivity index (χ2v) is 8.98. The number of anilines is 1. The van der Waals surface area contributed by atoms with Crippen molar-refractivity contribution in [2.45, 2.75) is 17.7 Å². The van der Waals surface area contributed by atoms with Crippen LogP contribution < -0.4 is 4.90 Å². The van der Waals surface area contributed by atoms with Gasteiger partial charge in [0.2, 0.25) is 15.9 Å². The zero-order valence-electron chi connectivity index (χ0n) is 14.1. The van der Waals surface area contributed by atoms with Gasteiger partial charge in [0.05, 0.1) is 4.90 Å². The molecule has 0 bridgehead atoms. The number of halogens is 1. The fourth-order valence-electron chi connectivity index (χ4n) is 3.89. The Balaban J connectivity index is 1.56. The lowest BCUT2D eigenvalue weighted by molar-refractivity contribution is -0.117. The summed E-state index contributed by atoms with van der Waals surface area (Å²) in [5.74, 6) is -0.481. The zero-order chi connectivity index (χ0) is 18.4. The summed E-state index contributed by atoms with van der Waals surface area (Å²) in [5, 5.41) is 0. The van der Waals surface area contributed by atoms with Gasteiger partial charge < -0.3 is 4.90 Å². The van der Waals surface area contributed by atoms with Gasteiger partial charge in [0.15, 0.2) is 0 Å². The van der Waals surface area contributed by atoms with E-state index in [0.29, 0.717) is 31.7 Å². The van der Waals surface area contributed by atoms with Crippen molar-refractivity contribution in [3.63, 3.8) is 0 Å². The molecule has 2 aliphatic rings. The van der Waals surface area contributed by atoms with Gasteiger partial charge >= 0.3 is 0 Å². The second kappa shape index (κ2) is 6.17. The van der Waals surface area contributed by atoms with Crippen molar-refractivity contribution in [2.24, 2.45) is 5.41 Å². The van der Waals surface area contributed by atoms with Gasteiger partial charge in [0.25, 0.3) is 0 Å². The van der Waals surface area contributed by atoms with Gasteiger partial charge in [-0.25, -0.2) is 12.8 Å². The topological polar surface area (TPSA) is 57.7 Å². The van der Waals surface area contributed by atoms with Crippen LogP contribution in [0.4, 0.5) is 10.1 Å². The number of hydrogen-bond acceptors (Lipinski definition) is 3. The van der Waals surface area contributed by atoms with Gasteiger partial charge in [0, 0.05) is 37.2 Å². The summed E-state index contributed by atoms with van der Waals surface area (Å²) in [6.07, 6.45) is 0.904. The summed E-state index contributed by atoms with van der Waals surface area (Å²) < 4.78 is 40.6. The van der Waals surface area contributed by atoms with Gasteiger partial charge in [-0.3, -0.25) is 4.79 Å². The minimum Gasteiger partial charge on any atom is -0.312 e. The van der Waals surface area contributed by atoms with E-state index in [1.807, 2.05) is 0 Å². The maximum Gasteiger partial charge on any atom is 0.243 e. The summed E-state index contributed by atoms with van der Waals surface area (Å²) in [6, 6.07) is 14.3. The highest BCUT2D eigenvalue weighted by Gasteiger charge is 2.50. The number of sulfonamides is 1. The van der Waals surface area contributed by atoms with Crippen LogP contribution in [-0.2, 0) is 14.8 Å². The molecule has 2 aliphatic heterocycles. The van der Waals surface area contributed by atoms with Crippen LogP contribution in [0.25, 0.3) is 0 Å². The highest BCUT2D eigenvalue weighted by Crippen LogP contribution is 2.43. The molecule has 2 saturated heterocycles. The number of carbonyl (C=O) groups is 1. The Hall–Kier alpha value is -2.25. The third-order valence-electron chi connectivity index (χ3n) is 5.22. The molecular formula is C19H19FN2O3S. The average molecular weight is 374 g/mol. The molecule has 0 aliphatic carbocycles. The van der Waals surface area contributed by atoms with Crippen molar-refractivity contribution in [1.82, 2.24) is 4.31 Å². The molecule has 4 rings (SSSR count). The predicted octanol–water partition coefficient (Wildman–Crippen LogP) is 2.64. The van der Waals surface area contributed by atoms with Crippen LogP contribution in [0.15, 0.2) is 59.5 Å². The number of nitrogens with zero attached hydrogens (tertiary/aromatic N) is 2. The minimum absolute atomic E-state index is 0.0884. The molecule has 2 fully saturated rings. The third-order valence-corrected chi connectivity index (χ3v) is 7.08. The highest BCUT2D eigenvalue weighted by atomic mass is 32.2. The summed E-state index contributed by atoms with van der Waals surface area (Å²) in [7, 11) is -3.56. The maximum absolute atomic E-state index is 13.5. The molecule has 1 spiro atoms. The normalized spacial score (nSPS) is 23.9. The van der Waals surface area contributed by atoms with Crippen molar-refractivity contribution >= 4 is 21.6 Å². The fourth-order valence-corrected chi connectivity index (χ4v) is 5.46. The van der Waals surface area contributed by atoms with E-state index in [-0.39, 0.29) is 17.2 Å². The molecular weight excluding hydrogens is 355 g/mol. The first-order valence-corrected chi connectivity index (χ1v) is 9.95. The number of hydrogen-bond donors (Lipinski definition) is 0. The molecule has 26 heavy (non-hydrogen) atoms. The fraction of sp³-hybridized carbons (Fsp3) is 0.316. The maximum atomic E-state index is 13.5. The number of rotatable bonds is 3. The molecule has 0 radical (unpaired) electrons. The largest absolute Gasteiger partial charge is 0.312 e. The van der Waals surface area contributed by atoms with E-state index >= 15 is 0 Å². The number of benzene rings is 2. The minimum atomic E-state index is -3.56. The molecule has 2 aromatic rings. The summed E-state index contributed by atoms with van der Waals surface area (Å²) in [5.41, 5.74) is 0.113. The summed E-state index contributed by atoms with van der Waals surface area (Å²) in [6.45, 7) is 1.11. The van der Waals surface area contributed by atoms with Crippen molar-refractivity contribution in [3.8, 4) is 0 Å². The number of carbonyl (C=O) groups excluding carboxylic acids is 1. The van der Waals surface area contributed by atoms with Crippen LogP contribution in [0.2, 0.25) is 0 Å². The lowest BCUT2D eigenvalue weighted by atomic mass is 9.86. The van der Waals surface area contributed by atoms with Gasteiger partial charge in [-0.05, 0) is 36.8 Å². The van der Waals surface area contributed by atoms with E-state index in [1.54, 1.807) is 47.4 Å². The highest BCUT2D eigenvalue weighted by molar-refractivity contribution is 7.89. The molecule has 2 heterocycles. The molecule has 0 N–H and O–H groups in total. The van der Waals surface area contributed by atoms with Gasteiger partial charge in [-0.2, -0.15) is 4.31 Å². The molecule has 136 valence electrons. The van der Waals surface area contributed by atoms with E-state index in [4.69, 9.17) is 0 Å². The molecule has 5 nitrogen and oxygen atoms in total. The third kappa shape index (κ3) is 2.91. The lowest BCUT2D eigenvalue weighted by Crippen LogP contribution is -2.34. The van der Waals surface area contributed by atoms with Crippen LogP contribution in [-0.4, -0.2) is 38.3 Å². The van der Waals surface area contributed by atoms with E-state index in [1.165, 1.54) is 16.4 Å². The molecule has 1 atom stereocenters. The molecule has 7 heteroatoms. The monoisotopic (exact) mass is 374 g/mol. The first-order valence-electron chi connectivity index (χ1n) is 8.51. The Morgan fingerprint density at radius 1 is 1.00 bits per heavy atom. The quantitative estimate of drug-likeness (QED) is 0.830. The summed E-state index contributed by atoms with van der Waals surface area (Å²) in [4.78, 5) is 14.3. The lowest BCUT2D eigenvalue weighted by Gasteiger charge is -2.24. The first-order chi connectivity index (χ1) is 12.4. The zero-order valence-corrected chi connectivity index (χ0v) is 15.0. The van der Waals surface area contributed by atoms with Crippen LogP contribution in [0.5, 0.6) is 0 Å². The second-order valence-electron chi connectivity index (χ2n) is 7.04. The molecule has 0 unspecified atom stereocenters. The van der Waals surface area contributed by atoms with Crippen LogP contribution in [0.3, 0.4) is 0 Å². The predicted molar refractivity (Wildman–Crippen MR) is 95.6 cm³/mol. The number of amides is 1. The SMILES string of the molecule is O=C1C[C@@]2(CCN(S(=O)(=O)c3ccccc3)C2)CN1c1cccc(F)c1. The van der Waals surface area contributed by atoms with Gasteiger partial charge in [-0.1, -0.05) is 24.3 Å². The average Bonchev–Trinajstić information content (AvgIpc) is 3.19. The van der Waals surface area contributed by atoms with Crippen molar-refractivity contribution in [2.75, 3.05) is 24.5 Å². The Morgan fingerprint density at radius 2 is 1.77 bits per heavy atom. The summed E-state index contributed by atoms with van der Waals surface area (Å²) >= 11 is 0. The molecule has 1 amide bonds. The van der Waals surface area contributed by atoms with Crippen LogP contribution >= 0.6 is 0 Å². The molecule has 0 saturated carbocycles. The Labute approximate surface area is 152 Å². The first kappa shape index (κ1) is 17.2. The molecule has 0 aromatic heterocycles. The van der Waals surface area contributed by atoms with E-state index < -0.39 is 21.3 Å². The van der Waals surface area contributed by atoms with Crippen LogP contribution in [0.1, 0.15) is 12.8 Å². The van der Waals surface area contributed by atoms with Gasteiger partial charge in [-0.15, -0.1) is 0 Å². The Kier molecular flexibility index (Phi) is 4.08. The van der Waals surface area contributed by atoms with Gasteiger partial charge in [0.1, 0.15) is 5.82 Å².